The van der Waals surface area contributed by atoms with Gasteiger partial charge in [-0.05, 0) is 58.7 Å². The Bertz CT molecular complexity index is 600. The van der Waals surface area contributed by atoms with Crippen molar-refractivity contribution in [2.45, 2.75) is 64.7 Å². The van der Waals surface area contributed by atoms with E-state index in [-0.39, 0.29) is 12.6 Å². The summed E-state index contributed by atoms with van der Waals surface area (Å²) < 4.78 is 11.1. The van der Waals surface area contributed by atoms with E-state index in [0.29, 0.717) is 13.1 Å². The number of likely N-dealkylation sites (tertiary alicyclic amines) is 1. The number of carbonyl (C=O) groups excluding carboxylic acids is 1. The number of nitrogens with one attached hydrogen (secondary N) is 1. The second-order valence-electron chi connectivity index (χ2n) is 8.26. The van der Waals surface area contributed by atoms with Gasteiger partial charge in [0.25, 0.3) is 0 Å². The van der Waals surface area contributed by atoms with Crippen molar-refractivity contribution in [3.8, 4) is 5.75 Å². The number of amides is 1. The van der Waals surface area contributed by atoms with Crippen molar-refractivity contribution in [1.82, 2.24) is 10.2 Å². The average molecular weight is 379 g/mol. The average Bonchev–Trinajstić information content (AvgIpc) is 2.59. The second-order valence-corrected chi connectivity index (χ2v) is 8.26. The van der Waals surface area contributed by atoms with Gasteiger partial charge >= 0.3 is 6.09 Å². The summed E-state index contributed by atoms with van der Waals surface area (Å²) in [4.78, 5) is 14.1. The molecule has 27 heavy (non-hydrogen) atoms. The molecule has 0 spiro atoms. The minimum atomic E-state index is -0.577. The fourth-order valence-corrected chi connectivity index (χ4v) is 3.27. The summed E-state index contributed by atoms with van der Waals surface area (Å²) in [5.74, 6) is 0.804. The quantitative estimate of drug-likeness (QED) is 0.763. The van der Waals surface area contributed by atoms with E-state index < -0.39 is 17.8 Å². The van der Waals surface area contributed by atoms with Gasteiger partial charge in [0, 0.05) is 19.1 Å². The number of hydrogen-bond donors (Lipinski definition) is 2. The smallest absolute Gasteiger partial charge is 0.407 e. The standard InChI is InChI=1S/C21H34N2O4/c1-16-9-5-6-11-19(16)26-15-18(24)14-23-12-8-7-10-17(23)13-22-20(25)27-21(2,3)4/h5-6,9,11,17-18,24H,7-8,10,12-15H2,1-4H3,(H,22,25). The van der Waals surface area contributed by atoms with E-state index in [9.17, 15) is 9.90 Å². The van der Waals surface area contributed by atoms with E-state index in [4.69, 9.17) is 9.47 Å². The van der Waals surface area contributed by atoms with Crippen LogP contribution in [0.5, 0.6) is 5.75 Å². The maximum absolute atomic E-state index is 11.9. The number of ether oxygens (including phenoxy) is 2. The SMILES string of the molecule is Cc1ccccc1OCC(O)CN1CCCCC1CNC(=O)OC(C)(C)C. The molecule has 1 fully saturated rings. The van der Waals surface area contributed by atoms with E-state index in [2.05, 4.69) is 10.2 Å². The van der Waals surface area contributed by atoms with Gasteiger partial charge in [-0.2, -0.15) is 0 Å². The van der Waals surface area contributed by atoms with Crippen LogP contribution < -0.4 is 10.1 Å². The van der Waals surface area contributed by atoms with E-state index in [0.717, 1.165) is 37.1 Å². The Morgan fingerprint density at radius 2 is 2.07 bits per heavy atom. The van der Waals surface area contributed by atoms with Crippen molar-refractivity contribution in [1.29, 1.82) is 0 Å². The maximum Gasteiger partial charge on any atom is 0.407 e. The van der Waals surface area contributed by atoms with E-state index in [1.807, 2.05) is 52.0 Å². The zero-order chi connectivity index (χ0) is 19.9. The molecular weight excluding hydrogens is 344 g/mol. The van der Waals surface area contributed by atoms with Gasteiger partial charge in [0.1, 0.15) is 24.1 Å². The summed E-state index contributed by atoms with van der Waals surface area (Å²) >= 11 is 0. The van der Waals surface area contributed by atoms with Crippen LogP contribution in [0.1, 0.15) is 45.6 Å². The number of carbonyl (C=O) groups is 1. The number of aliphatic hydroxyl groups is 1. The molecule has 6 heteroatoms. The first-order valence-electron chi connectivity index (χ1n) is 9.82. The van der Waals surface area contributed by atoms with Gasteiger partial charge < -0.3 is 19.9 Å². The monoisotopic (exact) mass is 378 g/mol. The molecule has 152 valence electrons. The van der Waals surface area contributed by atoms with E-state index >= 15 is 0 Å². The van der Waals surface area contributed by atoms with E-state index in [1.54, 1.807) is 0 Å². The zero-order valence-electron chi connectivity index (χ0n) is 17.0. The number of β-amino-alcohol motifs (C(OH)–C–C–N with tert-alkyl or cyclic N) is 1. The van der Waals surface area contributed by atoms with Crippen molar-refractivity contribution in [2.75, 3.05) is 26.2 Å². The fourth-order valence-electron chi connectivity index (χ4n) is 3.27. The Kier molecular flexibility index (Phi) is 7.92. The van der Waals surface area contributed by atoms with Crippen molar-refractivity contribution in [2.24, 2.45) is 0 Å². The topological polar surface area (TPSA) is 71.0 Å². The van der Waals surface area contributed by atoms with E-state index in [1.165, 1.54) is 0 Å². The number of benzene rings is 1. The van der Waals surface area contributed by atoms with Crippen LogP contribution >= 0.6 is 0 Å². The third kappa shape index (κ3) is 7.77. The molecule has 0 aromatic heterocycles. The van der Waals surface area contributed by atoms with Crippen LogP contribution in [0, 0.1) is 6.92 Å². The molecule has 1 aliphatic heterocycles. The first-order chi connectivity index (χ1) is 12.7. The second kappa shape index (κ2) is 9.95. The Morgan fingerprint density at radius 3 is 2.78 bits per heavy atom. The number of alkyl carbamates (subject to hydrolysis) is 1. The molecule has 1 saturated heterocycles. The summed E-state index contributed by atoms with van der Waals surface area (Å²) in [5, 5.41) is 13.3. The first kappa shape index (κ1) is 21.5. The van der Waals surface area contributed by atoms with Crippen molar-refractivity contribution in [3.05, 3.63) is 29.8 Å². The van der Waals surface area contributed by atoms with Crippen molar-refractivity contribution in [3.63, 3.8) is 0 Å². The van der Waals surface area contributed by atoms with Crippen LogP contribution in [0.3, 0.4) is 0 Å². The molecule has 2 N–H and O–H groups in total. The van der Waals surface area contributed by atoms with Crippen LogP contribution in [-0.2, 0) is 4.74 Å². The summed E-state index contributed by atoms with van der Waals surface area (Å²) in [5.41, 5.74) is 0.557. The lowest BCUT2D eigenvalue weighted by Gasteiger charge is -2.37. The van der Waals surface area contributed by atoms with Crippen LogP contribution in [0.15, 0.2) is 24.3 Å². The lowest BCUT2D eigenvalue weighted by molar-refractivity contribution is 0.0336. The Labute approximate surface area is 162 Å². The molecule has 2 rings (SSSR count). The molecule has 2 unspecified atom stereocenters. The highest BCUT2D eigenvalue weighted by atomic mass is 16.6. The highest BCUT2D eigenvalue weighted by Crippen LogP contribution is 2.19. The molecule has 1 aliphatic rings. The van der Waals surface area contributed by atoms with Gasteiger partial charge in [-0.25, -0.2) is 4.79 Å². The van der Waals surface area contributed by atoms with Gasteiger partial charge in [0.05, 0.1) is 0 Å². The third-order valence-corrected chi connectivity index (χ3v) is 4.60. The molecule has 1 amide bonds. The Balaban J connectivity index is 1.80. The molecule has 1 aromatic carbocycles. The van der Waals surface area contributed by atoms with Gasteiger partial charge in [0.15, 0.2) is 0 Å². The van der Waals surface area contributed by atoms with Crippen LogP contribution in [-0.4, -0.2) is 60.1 Å². The van der Waals surface area contributed by atoms with Crippen LogP contribution in [0.25, 0.3) is 0 Å². The first-order valence-corrected chi connectivity index (χ1v) is 9.82. The zero-order valence-corrected chi connectivity index (χ0v) is 17.0. The lowest BCUT2D eigenvalue weighted by atomic mass is 10.0. The molecule has 6 nitrogen and oxygen atoms in total. The number of aryl methyl sites for hydroxylation is 1. The number of para-hydroxylation sites is 1. The molecule has 1 heterocycles. The summed E-state index contributed by atoms with van der Waals surface area (Å²) in [6, 6.07) is 8.01. The molecular formula is C21H34N2O4. The molecule has 1 aromatic rings. The molecule has 0 bridgehead atoms. The summed E-state index contributed by atoms with van der Waals surface area (Å²) in [6.07, 6.45) is 2.27. The Morgan fingerprint density at radius 1 is 1.33 bits per heavy atom. The van der Waals surface area contributed by atoms with Gasteiger partial charge in [-0.3, -0.25) is 4.90 Å². The largest absolute Gasteiger partial charge is 0.491 e. The van der Waals surface area contributed by atoms with Crippen molar-refractivity contribution < 1.29 is 19.4 Å². The number of nitrogens with zero attached hydrogens (tertiary/aromatic N) is 1. The van der Waals surface area contributed by atoms with Crippen LogP contribution in [0.2, 0.25) is 0 Å². The predicted octanol–water partition coefficient (Wildman–Crippen LogP) is 3.11. The Hall–Kier alpha value is -1.79. The minimum absolute atomic E-state index is 0.208. The summed E-state index contributed by atoms with van der Waals surface area (Å²) in [6.45, 7) is 9.78. The molecule has 0 aliphatic carbocycles. The predicted molar refractivity (Wildman–Crippen MR) is 106 cm³/mol. The molecule has 0 radical (unpaired) electrons. The molecule has 0 saturated carbocycles. The summed E-state index contributed by atoms with van der Waals surface area (Å²) in [7, 11) is 0. The fraction of sp³-hybridized carbons (Fsp3) is 0.667. The highest BCUT2D eigenvalue weighted by molar-refractivity contribution is 5.67. The lowest BCUT2D eigenvalue weighted by Crippen LogP contribution is -2.50. The normalized spacial score (nSPS) is 19.4. The number of piperidine rings is 1. The van der Waals surface area contributed by atoms with Gasteiger partial charge in [-0.15, -0.1) is 0 Å². The highest BCUT2D eigenvalue weighted by Gasteiger charge is 2.26. The third-order valence-electron chi connectivity index (χ3n) is 4.60. The number of rotatable bonds is 7. The maximum atomic E-state index is 11.9. The minimum Gasteiger partial charge on any atom is -0.491 e. The number of hydrogen-bond acceptors (Lipinski definition) is 5. The van der Waals surface area contributed by atoms with Gasteiger partial charge in [-0.1, -0.05) is 24.6 Å². The van der Waals surface area contributed by atoms with Gasteiger partial charge in [0.2, 0.25) is 0 Å². The number of aliphatic hydroxyl groups excluding tert-OH is 1. The van der Waals surface area contributed by atoms with Crippen molar-refractivity contribution >= 4 is 6.09 Å². The van der Waals surface area contributed by atoms with Crippen LogP contribution in [0.4, 0.5) is 4.79 Å². The molecule has 2 atom stereocenters.